The molecule has 0 spiro atoms. The Morgan fingerprint density at radius 1 is 0.655 bits per heavy atom. The van der Waals surface area contributed by atoms with Crippen LogP contribution in [0.5, 0.6) is 0 Å². The highest BCUT2D eigenvalue weighted by molar-refractivity contribution is 6.18. The predicted molar refractivity (Wildman–Crippen MR) is 126 cm³/mol. The lowest BCUT2D eigenvalue weighted by Crippen LogP contribution is -2.11. The fourth-order valence-electron chi connectivity index (χ4n) is 4.36. The van der Waals surface area contributed by atoms with Gasteiger partial charge in [-0.15, -0.1) is 0 Å². The van der Waals surface area contributed by atoms with E-state index in [0.29, 0.717) is 0 Å². The van der Waals surface area contributed by atoms with Crippen LogP contribution in [0.3, 0.4) is 0 Å². The molecular formula is C28H25N. The lowest BCUT2D eigenvalue weighted by Gasteiger charge is -2.21. The second-order valence-corrected chi connectivity index (χ2v) is 8.98. The van der Waals surface area contributed by atoms with Crippen LogP contribution in [-0.4, -0.2) is 4.98 Å². The smallest absolute Gasteiger partial charge is 0.0783 e. The summed E-state index contributed by atoms with van der Waals surface area (Å²) in [5.74, 6) is 0. The third kappa shape index (κ3) is 2.89. The molecule has 4 aromatic carbocycles. The molecule has 0 fully saturated rings. The van der Waals surface area contributed by atoms with E-state index in [9.17, 15) is 0 Å². The summed E-state index contributed by atoms with van der Waals surface area (Å²) in [5.41, 5.74) is 5.05. The van der Waals surface area contributed by atoms with Gasteiger partial charge in [0.1, 0.15) is 0 Å². The lowest BCUT2D eigenvalue weighted by atomic mass is 9.84. The van der Waals surface area contributed by atoms with Crippen LogP contribution in [0.15, 0.2) is 79.0 Å². The van der Waals surface area contributed by atoms with E-state index in [0.717, 1.165) is 5.69 Å². The van der Waals surface area contributed by atoms with E-state index in [1.807, 2.05) is 6.20 Å². The normalized spacial score (nSPS) is 12.1. The van der Waals surface area contributed by atoms with Crippen LogP contribution in [0.2, 0.25) is 0 Å². The SMILES string of the molecule is Cc1cc(C(C)(C)C)ccc1-c1nccc2c1ccc1c3ccccc3ccc21. The van der Waals surface area contributed by atoms with Crippen LogP contribution in [-0.2, 0) is 5.41 Å². The molecule has 1 heterocycles. The number of fused-ring (bicyclic) bond motifs is 5. The maximum Gasteiger partial charge on any atom is 0.0783 e. The maximum absolute atomic E-state index is 4.80. The monoisotopic (exact) mass is 375 g/mol. The fourth-order valence-corrected chi connectivity index (χ4v) is 4.36. The zero-order valence-corrected chi connectivity index (χ0v) is 17.5. The van der Waals surface area contributed by atoms with Gasteiger partial charge in [-0.1, -0.05) is 87.5 Å². The van der Waals surface area contributed by atoms with Gasteiger partial charge in [0, 0.05) is 17.1 Å². The van der Waals surface area contributed by atoms with Crippen molar-refractivity contribution in [2.75, 3.05) is 0 Å². The van der Waals surface area contributed by atoms with E-state index >= 15 is 0 Å². The molecule has 1 nitrogen and oxygen atoms in total. The highest BCUT2D eigenvalue weighted by Crippen LogP contribution is 2.36. The first kappa shape index (κ1) is 17.9. The molecule has 0 radical (unpaired) electrons. The Morgan fingerprint density at radius 3 is 2.14 bits per heavy atom. The molecule has 1 heteroatoms. The largest absolute Gasteiger partial charge is 0.256 e. The summed E-state index contributed by atoms with van der Waals surface area (Å²) >= 11 is 0. The van der Waals surface area contributed by atoms with E-state index in [-0.39, 0.29) is 5.41 Å². The Labute approximate surface area is 172 Å². The molecular weight excluding hydrogens is 350 g/mol. The van der Waals surface area contributed by atoms with E-state index in [1.165, 1.54) is 49.0 Å². The van der Waals surface area contributed by atoms with Crippen LogP contribution in [0.1, 0.15) is 31.9 Å². The number of pyridine rings is 1. The zero-order valence-electron chi connectivity index (χ0n) is 17.5. The molecule has 0 N–H and O–H groups in total. The second-order valence-electron chi connectivity index (χ2n) is 8.98. The maximum atomic E-state index is 4.80. The van der Waals surface area contributed by atoms with Crippen molar-refractivity contribution in [3.63, 3.8) is 0 Å². The number of hydrogen-bond donors (Lipinski definition) is 0. The molecule has 0 aliphatic rings. The van der Waals surface area contributed by atoms with E-state index in [2.05, 4.69) is 100 Å². The molecule has 29 heavy (non-hydrogen) atoms. The molecule has 0 aliphatic heterocycles. The zero-order chi connectivity index (χ0) is 20.2. The van der Waals surface area contributed by atoms with Crippen LogP contribution in [0.4, 0.5) is 0 Å². The van der Waals surface area contributed by atoms with Gasteiger partial charge >= 0.3 is 0 Å². The first-order chi connectivity index (χ1) is 13.9. The molecule has 0 amide bonds. The third-order valence-corrected chi connectivity index (χ3v) is 6.02. The summed E-state index contributed by atoms with van der Waals surface area (Å²) in [6, 6.07) is 26.5. The van der Waals surface area contributed by atoms with Crippen molar-refractivity contribution >= 4 is 32.3 Å². The standard InChI is InChI=1S/C28H25N/c1-18-17-20(28(2,3)4)10-12-21(18)27-26-14-13-23-22-8-6-5-7-19(22)9-11-24(23)25(26)15-16-29-27/h5-17H,1-4H3. The van der Waals surface area contributed by atoms with Crippen molar-refractivity contribution in [3.8, 4) is 11.3 Å². The summed E-state index contributed by atoms with van der Waals surface area (Å²) in [5, 5.41) is 7.64. The van der Waals surface area contributed by atoms with Crippen molar-refractivity contribution < 1.29 is 0 Å². The van der Waals surface area contributed by atoms with Crippen molar-refractivity contribution in [1.82, 2.24) is 4.98 Å². The molecule has 142 valence electrons. The first-order valence-electron chi connectivity index (χ1n) is 10.2. The van der Waals surface area contributed by atoms with Gasteiger partial charge in [0.25, 0.3) is 0 Å². The molecule has 1 aromatic heterocycles. The van der Waals surface area contributed by atoms with Crippen LogP contribution in [0.25, 0.3) is 43.6 Å². The fraction of sp³-hybridized carbons (Fsp3) is 0.179. The van der Waals surface area contributed by atoms with Gasteiger partial charge in [-0.3, -0.25) is 4.98 Å². The molecule has 0 bridgehead atoms. The van der Waals surface area contributed by atoms with Gasteiger partial charge in [-0.05, 0) is 56.5 Å². The molecule has 0 aliphatic carbocycles. The summed E-state index contributed by atoms with van der Waals surface area (Å²) in [4.78, 5) is 4.80. The molecule has 0 atom stereocenters. The van der Waals surface area contributed by atoms with Crippen molar-refractivity contribution in [2.24, 2.45) is 0 Å². The van der Waals surface area contributed by atoms with Crippen LogP contribution < -0.4 is 0 Å². The third-order valence-electron chi connectivity index (χ3n) is 6.02. The Bertz CT molecular complexity index is 1390. The number of hydrogen-bond acceptors (Lipinski definition) is 1. The quantitative estimate of drug-likeness (QED) is 0.272. The van der Waals surface area contributed by atoms with Gasteiger partial charge in [0.2, 0.25) is 0 Å². The number of nitrogens with zero attached hydrogens (tertiary/aromatic N) is 1. The van der Waals surface area contributed by atoms with Gasteiger partial charge in [0.05, 0.1) is 5.69 Å². The number of aryl methyl sites for hydroxylation is 1. The minimum absolute atomic E-state index is 0.146. The summed E-state index contributed by atoms with van der Waals surface area (Å²) in [7, 11) is 0. The summed E-state index contributed by atoms with van der Waals surface area (Å²) in [6.07, 6.45) is 1.95. The van der Waals surface area contributed by atoms with E-state index in [1.54, 1.807) is 0 Å². The lowest BCUT2D eigenvalue weighted by molar-refractivity contribution is 0.590. The van der Waals surface area contributed by atoms with Gasteiger partial charge in [0.15, 0.2) is 0 Å². The Hall–Kier alpha value is -3.19. The average Bonchev–Trinajstić information content (AvgIpc) is 2.72. The first-order valence-corrected chi connectivity index (χ1v) is 10.2. The minimum atomic E-state index is 0.146. The molecule has 0 saturated carbocycles. The Morgan fingerprint density at radius 2 is 1.34 bits per heavy atom. The van der Waals surface area contributed by atoms with E-state index < -0.39 is 0 Å². The Kier molecular flexibility index (Phi) is 3.96. The molecule has 0 saturated heterocycles. The van der Waals surface area contributed by atoms with Crippen molar-refractivity contribution in [2.45, 2.75) is 33.1 Å². The van der Waals surface area contributed by atoms with Crippen LogP contribution in [0, 0.1) is 6.92 Å². The van der Waals surface area contributed by atoms with Crippen molar-refractivity contribution in [3.05, 3.63) is 90.1 Å². The summed E-state index contributed by atoms with van der Waals surface area (Å²) < 4.78 is 0. The number of rotatable bonds is 1. The molecule has 5 aromatic rings. The average molecular weight is 376 g/mol. The van der Waals surface area contributed by atoms with Gasteiger partial charge < -0.3 is 0 Å². The Balaban J connectivity index is 1.78. The predicted octanol–water partition coefficient (Wildman–Crippen LogP) is 7.81. The highest BCUT2D eigenvalue weighted by Gasteiger charge is 2.16. The topological polar surface area (TPSA) is 12.9 Å². The van der Waals surface area contributed by atoms with Crippen molar-refractivity contribution in [1.29, 1.82) is 0 Å². The number of aromatic nitrogens is 1. The highest BCUT2D eigenvalue weighted by atomic mass is 14.7. The second kappa shape index (κ2) is 6.42. The van der Waals surface area contributed by atoms with Gasteiger partial charge in [-0.25, -0.2) is 0 Å². The minimum Gasteiger partial charge on any atom is -0.256 e. The molecule has 0 unspecified atom stereocenters. The van der Waals surface area contributed by atoms with E-state index in [4.69, 9.17) is 4.98 Å². The van der Waals surface area contributed by atoms with Gasteiger partial charge in [-0.2, -0.15) is 0 Å². The number of benzene rings is 4. The summed E-state index contributed by atoms with van der Waals surface area (Å²) in [6.45, 7) is 8.97. The van der Waals surface area contributed by atoms with Crippen LogP contribution >= 0.6 is 0 Å². The molecule has 5 rings (SSSR count).